The normalized spacial score (nSPS) is 19.8. The largest absolute Gasteiger partial charge is 0.497 e. The number of thiophene rings is 1. The molecule has 2 aliphatic heterocycles. The van der Waals surface area contributed by atoms with Crippen LogP contribution in [0, 0.1) is 0 Å². The number of hydrogen-bond acceptors (Lipinski definition) is 6. The van der Waals surface area contributed by atoms with Gasteiger partial charge in [-0.2, -0.15) is 4.31 Å². The molecule has 0 aliphatic carbocycles. The molecule has 1 amide bonds. The highest BCUT2D eigenvalue weighted by atomic mass is 32.2. The fourth-order valence-electron chi connectivity index (χ4n) is 3.82. The molecule has 150 valence electrons. The minimum absolute atomic E-state index is 0.0665. The number of benzene rings is 1. The standard InChI is InChI=1S/C19H22N2O5S2/c1-25-16-6-4-15(5-7-16)18(22)20-10-8-19(9-11-20)21(12-13-26-19)28(23,24)17-3-2-14-27-17/h2-7,14H,8-13H2,1H3. The van der Waals surface area contributed by atoms with E-state index >= 15 is 0 Å². The third kappa shape index (κ3) is 3.32. The summed E-state index contributed by atoms with van der Waals surface area (Å²) >= 11 is 1.21. The van der Waals surface area contributed by atoms with Gasteiger partial charge in [0.15, 0.2) is 0 Å². The number of carbonyl (C=O) groups excluding carboxylic acids is 1. The highest BCUT2D eigenvalue weighted by Gasteiger charge is 2.51. The molecule has 0 saturated carbocycles. The number of hydrogen-bond donors (Lipinski definition) is 0. The van der Waals surface area contributed by atoms with Crippen molar-refractivity contribution in [2.45, 2.75) is 22.8 Å². The summed E-state index contributed by atoms with van der Waals surface area (Å²) in [6.07, 6.45) is 0.916. The van der Waals surface area contributed by atoms with E-state index in [0.29, 0.717) is 54.6 Å². The van der Waals surface area contributed by atoms with E-state index in [9.17, 15) is 13.2 Å². The molecule has 1 spiro atoms. The molecule has 0 unspecified atom stereocenters. The fraction of sp³-hybridized carbons (Fsp3) is 0.421. The number of carbonyl (C=O) groups is 1. The Balaban J connectivity index is 1.48. The van der Waals surface area contributed by atoms with Crippen LogP contribution in [0.4, 0.5) is 0 Å². The van der Waals surface area contributed by atoms with Gasteiger partial charge >= 0.3 is 0 Å². The van der Waals surface area contributed by atoms with Crippen molar-refractivity contribution >= 4 is 27.3 Å². The quantitative estimate of drug-likeness (QED) is 0.756. The first-order valence-electron chi connectivity index (χ1n) is 9.10. The summed E-state index contributed by atoms with van der Waals surface area (Å²) in [6, 6.07) is 10.4. The number of likely N-dealkylation sites (tertiary alicyclic amines) is 1. The Hall–Kier alpha value is -1.94. The Morgan fingerprint density at radius 1 is 1.14 bits per heavy atom. The molecule has 2 fully saturated rings. The van der Waals surface area contributed by atoms with Crippen LogP contribution < -0.4 is 4.74 Å². The van der Waals surface area contributed by atoms with Gasteiger partial charge in [-0.05, 0) is 35.7 Å². The van der Waals surface area contributed by atoms with Crippen molar-refractivity contribution in [3.8, 4) is 5.75 Å². The third-order valence-corrected chi connectivity index (χ3v) is 8.65. The van der Waals surface area contributed by atoms with Crippen LogP contribution in [0.1, 0.15) is 23.2 Å². The molecule has 0 N–H and O–H groups in total. The lowest BCUT2D eigenvalue weighted by Gasteiger charge is -2.42. The van der Waals surface area contributed by atoms with Crippen molar-refractivity contribution in [2.24, 2.45) is 0 Å². The molecular formula is C19H22N2O5S2. The Bertz CT molecular complexity index is 933. The van der Waals surface area contributed by atoms with Crippen LogP contribution in [-0.4, -0.2) is 62.6 Å². The van der Waals surface area contributed by atoms with Crippen molar-refractivity contribution in [2.75, 3.05) is 33.4 Å². The summed E-state index contributed by atoms with van der Waals surface area (Å²) in [4.78, 5) is 14.5. The summed E-state index contributed by atoms with van der Waals surface area (Å²) < 4.78 is 38.9. The van der Waals surface area contributed by atoms with Crippen LogP contribution >= 0.6 is 11.3 Å². The number of sulfonamides is 1. The molecule has 1 aromatic carbocycles. The molecule has 9 heteroatoms. The van der Waals surface area contributed by atoms with Gasteiger partial charge in [0.2, 0.25) is 0 Å². The molecule has 2 saturated heterocycles. The SMILES string of the molecule is COc1ccc(C(=O)N2CCC3(CC2)OCCN3S(=O)(=O)c2cccs2)cc1. The van der Waals surface area contributed by atoms with Gasteiger partial charge in [-0.15, -0.1) is 11.3 Å². The minimum Gasteiger partial charge on any atom is -0.497 e. The third-order valence-electron chi connectivity index (χ3n) is 5.33. The Morgan fingerprint density at radius 2 is 1.86 bits per heavy atom. The molecule has 0 bridgehead atoms. The van der Waals surface area contributed by atoms with E-state index in [-0.39, 0.29) is 5.91 Å². The first kappa shape index (κ1) is 19.4. The average Bonchev–Trinajstić information content (AvgIpc) is 3.39. The summed E-state index contributed by atoms with van der Waals surface area (Å²) in [5.41, 5.74) is -0.272. The second-order valence-electron chi connectivity index (χ2n) is 6.82. The van der Waals surface area contributed by atoms with E-state index in [1.54, 1.807) is 53.8 Å². The van der Waals surface area contributed by atoms with E-state index < -0.39 is 15.7 Å². The monoisotopic (exact) mass is 422 g/mol. The van der Waals surface area contributed by atoms with Gasteiger partial charge in [0.25, 0.3) is 15.9 Å². The van der Waals surface area contributed by atoms with Crippen LogP contribution in [0.3, 0.4) is 0 Å². The average molecular weight is 423 g/mol. The van der Waals surface area contributed by atoms with Gasteiger partial charge in [0.05, 0.1) is 13.7 Å². The summed E-state index contributed by atoms with van der Waals surface area (Å²) in [5.74, 6) is 0.631. The zero-order valence-corrected chi connectivity index (χ0v) is 17.2. The second-order valence-corrected chi connectivity index (χ2v) is 9.86. The molecule has 0 radical (unpaired) electrons. The summed E-state index contributed by atoms with van der Waals surface area (Å²) in [5, 5.41) is 1.76. The van der Waals surface area contributed by atoms with Crippen LogP contribution in [0.25, 0.3) is 0 Å². The number of rotatable bonds is 4. The van der Waals surface area contributed by atoms with Crippen LogP contribution in [0.5, 0.6) is 5.75 Å². The van der Waals surface area contributed by atoms with Crippen molar-refractivity contribution in [1.29, 1.82) is 0 Å². The van der Waals surface area contributed by atoms with Gasteiger partial charge < -0.3 is 14.4 Å². The van der Waals surface area contributed by atoms with Crippen LogP contribution in [0.2, 0.25) is 0 Å². The molecule has 2 aliphatic rings. The smallest absolute Gasteiger partial charge is 0.255 e. The molecule has 7 nitrogen and oxygen atoms in total. The van der Waals surface area contributed by atoms with Gasteiger partial charge in [0.1, 0.15) is 15.7 Å². The van der Waals surface area contributed by atoms with E-state index in [1.165, 1.54) is 15.6 Å². The van der Waals surface area contributed by atoms with Gasteiger partial charge in [-0.25, -0.2) is 8.42 Å². The zero-order valence-electron chi connectivity index (χ0n) is 15.5. The molecule has 0 atom stereocenters. The highest BCUT2D eigenvalue weighted by Crippen LogP contribution is 2.39. The lowest BCUT2D eigenvalue weighted by molar-refractivity contribution is -0.0856. The van der Waals surface area contributed by atoms with E-state index in [4.69, 9.17) is 9.47 Å². The molecule has 2 aromatic rings. The number of nitrogens with zero attached hydrogens (tertiary/aromatic N) is 2. The first-order valence-corrected chi connectivity index (χ1v) is 11.4. The second kappa shape index (κ2) is 7.47. The van der Waals surface area contributed by atoms with E-state index in [0.717, 1.165) is 0 Å². The van der Waals surface area contributed by atoms with Crippen molar-refractivity contribution in [3.63, 3.8) is 0 Å². The number of amides is 1. The van der Waals surface area contributed by atoms with E-state index in [1.807, 2.05) is 0 Å². The molecule has 28 heavy (non-hydrogen) atoms. The highest BCUT2D eigenvalue weighted by molar-refractivity contribution is 7.91. The molecular weight excluding hydrogens is 400 g/mol. The molecule has 3 heterocycles. The predicted molar refractivity (Wildman–Crippen MR) is 105 cm³/mol. The lowest BCUT2D eigenvalue weighted by Crippen LogP contribution is -2.55. The lowest BCUT2D eigenvalue weighted by atomic mass is 10.00. The topological polar surface area (TPSA) is 76.2 Å². The van der Waals surface area contributed by atoms with Crippen molar-refractivity contribution in [3.05, 3.63) is 47.3 Å². The fourth-order valence-corrected chi connectivity index (χ4v) is 6.65. The summed E-state index contributed by atoms with van der Waals surface area (Å²) in [6.45, 7) is 1.60. The Morgan fingerprint density at radius 3 is 2.46 bits per heavy atom. The van der Waals surface area contributed by atoms with Gasteiger partial charge in [0, 0.05) is 38.0 Å². The number of ether oxygens (including phenoxy) is 2. The maximum atomic E-state index is 13.0. The van der Waals surface area contributed by atoms with E-state index in [2.05, 4.69) is 0 Å². The predicted octanol–water partition coefficient (Wildman–Crippen LogP) is 2.41. The van der Waals surface area contributed by atoms with Gasteiger partial charge in [-0.3, -0.25) is 4.79 Å². The Labute approximate surface area is 168 Å². The molecule has 1 aromatic heterocycles. The zero-order chi connectivity index (χ0) is 19.8. The minimum atomic E-state index is -3.59. The summed E-state index contributed by atoms with van der Waals surface area (Å²) in [7, 11) is -2.01. The van der Waals surface area contributed by atoms with Gasteiger partial charge in [-0.1, -0.05) is 6.07 Å². The first-order chi connectivity index (χ1) is 13.5. The maximum absolute atomic E-state index is 13.0. The Kier molecular flexibility index (Phi) is 5.17. The van der Waals surface area contributed by atoms with Crippen molar-refractivity contribution < 1.29 is 22.7 Å². The van der Waals surface area contributed by atoms with Crippen molar-refractivity contribution in [1.82, 2.24) is 9.21 Å². The number of piperidine rings is 1. The number of methoxy groups -OCH3 is 1. The molecule has 4 rings (SSSR count). The van der Waals surface area contributed by atoms with Crippen LogP contribution in [0.15, 0.2) is 46.0 Å². The van der Waals surface area contributed by atoms with Crippen LogP contribution in [-0.2, 0) is 14.8 Å². The maximum Gasteiger partial charge on any atom is 0.255 e.